The Balaban J connectivity index is 1.78. The van der Waals surface area contributed by atoms with Crippen LogP contribution in [-0.4, -0.2) is 6.71 Å². The highest BCUT2D eigenvalue weighted by atomic mass is 14.3. The van der Waals surface area contributed by atoms with Gasteiger partial charge in [-0.3, -0.25) is 0 Å². The zero-order valence-electron chi connectivity index (χ0n) is 12.1. The Hall–Kier alpha value is 0.0649. The fourth-order valence-electron chi connectivity index (χ4n) is 4.74. The van der Waals surface area contributed by atoms with Crippen LogP contribution in [0.4, 0.5) is 0 Å². The van der Waals surface area contributed by atoms with Crippen molar-refractivity contribution in [3.63, 3.8) is 0 Å². The molecular formula is C16H31B. The van der Waals surface area contributed by atoms with Crippen molar-refractivity contribution < 1.29 is 0 Å². The first-order chi connectivity index (χ1) is 8.33. The standard InChI is InChI=1S/C16H31B/c1-3-4-5-6-9-14(2)17-15-10-7-11-16(17)13-8-12-15/h14-16H,3-13H2,1-2H3. The maximum Gasteiger partial charge on any atom is 0.149 e. The molecule has 1 unspecified atom stereocenters. The predicted molar refractivity (Wildman–Crippen MR) is 79.1 cm³/mol. The highest BCUT2D eigenvalue weighted by Gasteiger charge is 2.41. The molecule has 0 aromatic heterocycles. The molecule has 98 valence electrons. The van der Waals surface area contributed by atoms with Gasteiger partial charge in [0.05, 0.1) is 0 Å². The van der Waals surface area contributed by atoms with Crippen molar-refractivity contribution >= 4 is 6.71 Å². The summed E-state index contributed by atoms with van der Waals surface area (Å²) in [4.78, 5) is 0. The summed E-state index contributed by atoms with van der Waals surface area (Å²) >= 11 is 0. The van der Waals surface area contributed by atoms with Crippen LogP contribution in [0.15, 0.2) is 0 Å². The molecule has 0 aromatic rings. The molecule has 2 aliphatic heterocycles. The topological polar surface area (TPSA) is 0 Å². The molecule has 0 aromatic carbocycles. The van der Waals surface area contributed by atoms with Crippen molar-refractivity contribution in [2.45, 2.75) is 102 Å². The zero-order chi connectivity index (χ0) is 12.1. The van der Waals surface area contributed by atoms with Crippen molar-refractivity contribution in [2.75, 3.05) is 0 Å². The van der Waals surface area contributed by atoms with Crippen LogP contribution >= 0.6 is 0 Å². The summed E-state index contributed by atoms with van der Waals surface area (Å²) in [5.41, 5.74) is 0. The van der Waals surface area contributed by atoms with Crippen molar-refractivity contribution in [3.8, 4) is 0 Å². The first kappa shape index (κ1) is 13.5. The molecule has 0 N–H and O–H groups in total. The molecule has 2 bridgehead atoms. The predicted octanol–water partition coefficient (Wildman–Crippen LogP) is 5.95. The summed E-state index contributed by atoms with van der Waals surface area (Å²) in [7, 11) is 0. The normalized spacial score (nSPS) is 30.4. The van der Waals surface area contributed by atoms with Gasteiger partial charge < -0.3 is 0 Å². The van der Waals surface area contributed by atoms with Gasteiger partial charge in [-0.05, 0) is 0 Å². The molecule has 0 saturated carbocycles. The van der Waals surface area contributed by atoms with Gasteiger partial charge in [-0.2, -0.15) is 0 Å². The lowest BCUT2D eigenvalue weighted by Crippen LogP contribution is -2.37. The molecule has 1 atom stereocenters. The van der Waals surface area contributed by atoms with E-state index in [1.165, 1.54) is 44.9 Å². The molecule has 2 heterocycles. The molecule has 0 radical (unpaired) electrons. The van der Waals surface area contributed by atoms with E-state index in [1.54, 1.807) is 25.7 Å². The smallest absolute Gasteiger partial charge is 0.0690 e. The molecule has 1 heteroatoms. The van der Waals surface area contributed by atoms with Crippen LogP contribution in [0.1, 0.15) is 84.5 Å². The van der Waals surface area contributed by atoms with E-state index in [0.29, 0.717) is 0 Å². The van der Waals surface area contributed by atoms with Gasteiger partial charge in [0, 0.05) is 0 Å². The number of unbranched alkanes of at least 4 members (excludes halogenated alkanes) is 3. The van der Waals surface area contributed by atoms with Crippen LogP contribution in [0.5, 0.6) is 0 Å². The second kappa shape index (κ2) is 6.85. The van der Waals surface area contributed by atoms with Crippen LogP contribution in [0, 0.1) is 0 Å². The summed E-state index contributed by atoms with van der Waals surface area (Å²) < 4.78 is 0. The summed E-state index contributed by atoms with van der Waals surface area (Å²) in [5.74, 6) is 3.25. The molecule has 17 heavy (non-hydrogen) atoms. The summed E-state index contributed by atoms with van der Waals surface area (Å²) in [5, 5.41) is 0. The molecule has 2 saturated heterocycles. The molecule has 2 fully saturated rings. The van der Waals surface area contributed by atoms with Gasteiger partial charge in [-0.15, -0.1) is 0 Å². The summed E-state index contributed by atoms with van der Waals surface area (Å²) in [6.07, 6.45) is 16.6. The maximum atomic E-state index is 2.56. The first-order valence-electron chi connectivity index (χ1n) is 8.33. The van der Waals surface area contributed by atoms with E-state index in [9.17, 15) is 0 Å². The van der Waals surface area contributed by atoms with Crippen molar-refractivity contribution in [2.24, 2.45) is 0 Å². The molecule has 0 amide bonds. The van der Waals surface area contributed by atoms with Crippen LogP contribution in [0.2, 0.25) is 17.5 Å². The van der Waals surface area contributed by atoms with E-state index in [4.69, 9.17) is 0 Å². The molecular weight excluding hydrogens is 203 g/mol. The Labute approximate surface area is 109 Å². The minimum atomic E-state index is 1.02. The van der Waals surface area contributed by atoms with Gasteiger partial charge in [0.1, 0.15) is 6.71 Å². The average molecular weight is 234 g/mol. The van der Waals surface area contributed by atoms with Gasteiger partial charge in [0.25, 0.3) is 0 Å². The molecule has 2 aliphatic rings. The SMILES string of the molecule is CCCCCCC(C)B1C2CCCC1CCC2. The van der Waals surface area contributed by atoms with Gasteiger partial charge in [0.2, 0.25) is 0 Å². The summed E-state index contributed by atoms with van der Waals surface area (Å²) in [6, 6.07) is 0. The Morgan fingerprint density at radius 2 is 1.53 bits per heavy atom. The lowest BCUT2D eigenvalue weighted by molar-refractivity contribution is 0.431. The van der Waals surface area contributed by atoms with Gasteiger partial charge in [-0.25, -0.2) is 0 Å². The molecule has 0 nitrogen and oxygen atoms in total. The molecule has 0 spiro atoms. The fraction of sp³-hybridized carbons (Fsp3) is 1.00. The third-order valence-electron chi connectivity index (χ3n) is 5.56. The van der Waals surface area contributed by atoms with Gasteiger partial charge in [0.15, 0.2) is 0 Å². The van der Waals surface area contributed by atoms with E-state index in [1.807, 2.05) is 0 Å². The van der Waals surface area contributed by atoms with Crippen LogP contribution < -0.4 is 0 Å². The Morgan fingerprint density at radius 1 is 0.941 bits per heavy atom. The highest BCUT2D eigenvalue weighted by molar-refractivity contribution is 6.64. The first-order valence-corrected chi connectivity index (χ1v) is 8.33. The highest BCUT2D eigenvalue weighted by Crippen LogP contribution is 2.50. The quantitative estimate of drug-likeness (QED) is 0.393. The van der Waals surface area contributed by atoms with Gasteiger partial charge in [-0.1, -0.05) is 102 Å². The number of fused-ring (bicyclic) bond motifs is 2. The Kier molecular flexibility index (Phi) is 5.44. The van der Waals surface area contributed by atoms with E-state index in [2.05, 4.69) is 13.8 Å². The van der Waals surface area contributed by atoms with Gasteiger partial charge >= 0.3 is 0 Å². The van der Waals surface area contributed by atoms with E-state index in [-0.39, 0.29) is 0 Å². The zero-order valence-corrected chi connectivity index (χ0v) is 12.1. The number of hydrogen-bond donors (Lipinski definition) is 0. The third kappa shape index (κ3) is 3.52. The minimum Gasteiger partial charge on any atom is -0.0690 e. The second-order valence-corrected chi connectivity index (χ2v) is 6.79. The summed E-state index contributed by atoms with van der Waals surface area (Å²) in [6.45, 7) is 5.99. The van der Waals surface area contributed by atoms with Crippen LogP contribution in [-0.2, 0) is 0 Å². The Bertz CT molecular complexity index is 192. The monoisotopic (exact) mass is 234 g/mol. The van der Waals surface area contributed by atoms with Crippen molar-refractivity contribution in [1.29, 1.82) is 0 Å². The lowest BCUT2D eigenvalue weighted by atomic mass is 9.22. The fourth-order valence-corrected chi connectivity index (χ4v) is 4.74. The molecule has 0 aliphatic carbocycles. The largest absolute Gasteiger partial charge is 0.149 e. The lowest BCUT2D eigenvalue weighted by Gasteiger charge is -2.43. The van der Waals surface area contributed by atoms with E-state index < -0.39 is 0 Å². The van der Waals surface area contributed by atoms with E-state index in [0.717, 1.165) is 24.2 Å². The second-order valence-electron chi connectivity index (χ2n) is 6.79. The van der Waals surface area contributed by atoms with Crippen LogP contribution in [0.25, 0.3) is 0 Å². The molecule has 2 rings (SSSR count). The minimum absolute atomic E-state index is 1.02. The van der Waals surface area contributed by atoms with Crippen molar-refractivity contribution in [3.05, 3.63) is 0 Å². The van der Waals surface area contributed by atoms with E-state index >= 15 is 0 Å². The van der Waals surface area contributed by atoms with Crippen LogP contribution in [0.3, 0.4) is 0 Å². The average Bonchev–Trinajstić information content (AvgIpc) is 2.33. The third-order valence-corrected chi connectivity index (χ3v) is 5.56. The maximum absolute atomic E-state index is 2.56. The Morgan fingerprint density at radius 3 is 2.06 bits per heavy atom. The van der Waals surface area contributed by atoms with Crippen molar-refractivity contribution in [1.82, 2.24) is 0 Å². The number of hydrogen-bond acceptors (Lipinski definition) is 0. The number of rotatable bonds is 6.